The molecule has 0 saturated carbocycles. The van der Waals surface area contributed by atoms with E-state index in [0.29, 0.717) is 16.9 Å². The van der Waals surface area contributed by atoms with E-state index in [1.807, 2.05) is 54.0 Å². The number of aromatic nitrogens is 5. The first-order valence-electron chi connectivity index (χ1n) is 11.4. The molecule has 6 aromatic rings. The molecule has 0 amide bonds. The number of H-pyrrole nitrogens is 1. The lowest BCUT2D eigenvalue weighted by atomic mass is 10.1. The molecule has 3 aromatic heterocycles. The first-order valence-corrected chi connectivity index (χ1v) is 12.9. The van der Waals surface area contributed by atoms with Crippen molar-refractivity contribution in [1.82, 2.24) is 28.4 Å². The molecule has 0 spiro atoms. The van der Waals surface area contributed by atoms with E-state index in [0.717, 1.165) is 38.9 Å². The molecule has 0 bridgehead atoms. The van der Waals surface area contributed by atoms with E-state index < -0.39 is 10.0 Å². The van der Waals surface area contributed by atoms with Gasteiger partial charge in [-0.05, 0) is 56.4 Å². The molecule has 10 heteroatoms. The number of sulfonamides is 1. The van der Waals surface area contributed by atoms with Gasteiger partial charge in [0.1, 0.15) is 5.82 Å². The molecule has 2 N–H and O–H groups in total. The maximum atomic E-state index is 12.6. The van der Waals surface area contributed by atoms with E-state index in [1.165, 1.54) is 7.05 Å². The van der Waals surface area contributed by atoms with Crippen molar-refractivity contribution >= 4 is 43.0 Å². The summed E-state index contributed by atoms with van der Waals surface area (Å²) in [5.41, 5.74) is 6.39. The summed E-state index contributed by atoms with van der Waals surface area (Å²) >= 11 is 0. The van der Waals surface area contributed by atoms with Gasteiger partial charge >= 0.3 is 5.69 Å². The number of fused-ring (bicyclic) bond motifs is 3. The zero-order valence-electron chi connectivity index (χ0n) is 20.2. The van der Waals surface area contributed by atoms with E-state index in [1.54, 1.807) is 41.4 Å². The molecule has 9 nitrogen and oxygen atoms in total. The van der Waals surface area contributed by atoms with Gasteiger partial charge in [-0.2, -0.15) is 0 Å². The number of aryl methyl sites for hydroxylation is 3. The van der Waals surface area contributed by atoms with E-state index in [9.17, 15) is 13.2 Å². The molecule has 0 aliphatic rings. The molecule has 36 heavy (non-hydrogen) atoms. The zero-order chi connectivity index (χ0) is 25.4. The lowest BCUT2D eigenvalue weighted by Gasteiger charge is -2.11. The summed E-state index contributed by atoms with van der Waals surface area (Å²) < 4.78 is 32.8. The molecule has 0 aliphatic heterocycles. The predicted molar refractivity (Wildman–Crippen MR) is 141 cm³/mol. The summed E-state index contributed by atoms with van der Waals surface area (Å²) in [7, 11) is 1.21. The number of nitrogens with zero attached hydrogens (tertiary/aromatic N) is 4. The highest BCUT2D eigenvalue weighted by Gasteiger charge is 2.22. The molecule has 0 unspecified atom stereocenters. The van der Waals surface area contributed by atoms with Gasteiger partial charge in [0.05, 0.1) is 27.0 Å². The van der Waals surface area contributed by atoms with Crippen LogP contribution >= 0.6 is 0 Å². The molecule has 0 fully saturated rings. The number of nitrogens with one attached hydrogen (secondary N) is 2. The number of hydrogen-bond acceptors (Lipinski definition) is 4. The van der Waals surface area contributed by atoms with Crippen LogP contribution in [0.4, 0.5) is 0 Å². The zero-order valence-corrected chi connectivity index (χ0v) is 21.0. The van der Waals surface area contributed by atoms with E-state index in [4.69, 9.17) is 4.98 Å². The minimum absolute atomic E-state index is 0.118. The number of rotatable bonds is 4. The van der Waals surface area contributed by atoms with Crippen LogP contribution in [0.15, 0.2) is 70.4 Å². The van der Waals surface area contributed by atoms with Gasteiger partial charge in [0.2, 0.25) is 10.0 Å². The maximum absolute atomic E-state index is 12.6. The first kappa shape index (κ1) is 22.3. The third kappa shape index (κ3) is 3.08. The Morgan fingerprint density at radius 2 is 1.67 bits per heavy atom. The average Bonchev–Trinajstić information content (AvgIpc) is 3.48. The van der Waals surface area contributed by atoms with Crippen LogP contribution in [0.25, 0.3) is 50.0 Å². The average molecular weight is 501 g/mol. The van der Waals surface area contributed by atoms with E-state index >= 15 is 0 Å². The number of imidazole rings is 2. The topological polar surface area (TPSA) is 107 Å². The largest absolute Gasteiger partial charge is 0.358 e. The second-order valence-electron chi connectivity index (χ2n) is 8.87. The number of hydrogen-bond donors (Lipinski definition) is 2. The fraction of sp³-hybridized carbons (Fsp3) is 0.154. The molecule has 3 heterocycles. The Kier molecular flexibility index (Phi) is 4.76. The van der Waals surface area contributed by atoms with Gasteiger partial charge < -0.3 is 4.98 Å². The van der Waals surface area contributed by atoms with Crippen LogP contribution < -0.4 is 10.4 Å². The van der Waals surface area contributed by atoms with Crippen molar-refractivity contribution in [3.05, 3.63) is 76.8 Å². The van der Waals surface area contributed by atoms with Crippen molar-refractivity contribution in [3.63, 3.8) is 0 Å². The third-order valence-electron chi connectivity index (χ3n) is 6.84. The van der Waals surface area contributed by atoms with Crippen molar-refractivity contribution in [2.24, 2.45) is 14.1 Å². The van der Waals surface area contributed by atoms with Gasteiger partial charge in [-0.1, -0.05) is 18.2 Å². The van der Waals surface area contributed by atoms with Gasteiger partial charge in [0.15, 0.2) is 0 Å². The third-order valence-corrected chi connectivity index (χ3v) is 8.25. The number of benzene rings is 3. The van der Waals surface area contributed by atoms with Crippen LogP contribution in [0.3, 0.4) is 0 Å². The Balaban J connectivity index is 1.75. The van der Waals surface area contributed by atoms with E-state index in [2.05, 4.69) is 9.71 Å². The highest BCUT2D eigenvalue weighted by molar-refractivity contribution is 7.89. The number of para-hydroxylation sites is 1. The van der Waals surface area contributed by atoms with Crippen molar-refractivity contribution in [2.75, 3.05) is 7.05 Å². The van der Waals surface area contributed by atoms with Crippen molar-refractivity contribution in [3.8, 4) is 17.1 Å². The van der Waals surface area contributed by atoms with Crippen LogP contribution in [0.5, 0.6) is 0 Å². The van der Waals surface area contributed by atoms with Crippen LogP contribution in [0.2, 0.25) is 0 Å². The summed E-state index contributed by atoms with van der Waals surface area (Å²) in [6, 6.07) is 18.7. The maximum Gasteiger partial charge on any atom is 0.328 e. The fourth-order valence-corrected chi connectivity index (χ4v) is 5.72. The molecule has 0 aliphatic carbocycles. The Bertz CT molecular complexity index is 2010. The quantitative estimate of drug-likeness (QED) is 0.386. The summed E-state index contributed by atoms with van der Waals surface area (Å²) in [6.07, 6.45) is 0. The summed E-state index contributed by atoms with van der Waals surface area (Å²) in [6.45, 7) is 2.00. The molecule has 0 atom stereocenters. The molecule has 182 valence electrons. The summed E-state index contributed by atoms with van der Waals surface area (Å²) in [5, 5.41) is 1.02. The highest BCUT2D eigenvalue weighted by Crippen LogP contribution is 2.36. The Morgan fingerprint density at radius 3 is 2.44 bits per heavy atom. The second-order valence-corrected chi connectivity index (χ2v) is 10.8. The molecule has 6 rings (SSSR count). The summed E-state index contributed by atoms with van der Waals surface area (Å²) in [4.78, 5) is 21.1. The van der Waals surface area contributed by atoms with Crippen LogP contribution in [-0.4, -0.2) is 39.1 Å². The second kappa shape index (κ2) is 7.67. The molecular formula is C26H24N6O3S. The van der Waals surface area contributed by atoms with Gasteiger partial charge in [0.25, 0.3) is 0 Å². The highest BCUT2D eigenvalue weighted by atomic mass is 32.2. The monoisotopic (exact) mass is 500 g/mol. The van der Waals surface area contributed by atoms with Gasteiger partial charge in [-0.15, -0.1) is 0 Å². The van der Waals surface area contributed by atoms with Crippen LogP contribution in [-0.2, 0) is 24.1 Å². The molecule has 3 aromatic carbocycles. The van der Waals surface area contributed by atoms with E-state index in [-0.39, 0.29) is 10.6 Å². The van der Waals surface area contributed by atoms with Gasteiger partial charge in [0, 0.05) is 41.9 Å². The smallest absolute Gasteiger partial charge is 0.328 e. The standard InChI is InChI=1S/C26H24N6O3S/c1-15-24(18-7-5-6-8-19(18)28-15)25-29-20-11-10-17(36(34,35)27-2)14-22(20)32(25)16-9-12-21-23(13-16)31(4)26(33)30(21)3/h5-14,27-28H,1-4H3. The van der Waals surface area contributed by atoms with Crippen molar-refractivity contribution in [2.45, 2.75) is 11.8 Å². The van der Waals surface area contributed by atoms with Crippen LogP contribution in [0, 0.1) is 6.92 Å². The fourth-order valence-electron chi connectivity index (χ4n) is 4.97. The lowest BCUT2D eigenvalue weighted by molar-refractivity contribution is 0.588. The molecule has 0 saturated heterocycles. The molecule has 0 radical (unpaired) electrons. The summed E-state index contributed by atoms with van der Waals surface area (Å²) in [5.74, 6) is 0.680. The van der Waals surface area contributed by atoms with Gasteiger partial charge in [-0.3, -0.25) is 13.7 Å². The minimum atomic E-state index is -3.67. The minimum Gasteiger partial charge on any atom is -0.358 e. The Hall–Kier alpha value is -4.15. The first-order chi connectivity index (χ1) is 17.2. The predicted octanol–water partition coefficient (Wildman–Crippen LogP) is 3.58. The molecular weight excluding hydrogens is 476 g/mol. The van der Waals surface area contributed by atoms with Crippen molar-refractivity contribution < 1.29 is 8.42 Å². The van der Waals surface area contributed by atoms with Crippen molar-refractivity contribution in [1.29, 1.82) is 0 Å². The van der Waals surface area contributed by atoms with Crippen LogP contribution in [0.1, 0.15) is 5.69 Å². The Morgan fingerprint density at radius 1 is 0.917 bits per heavy atom. The normalized spacial score (nSPS) is 12.3. The SMILES string of the molecule is CNS(=O)(=O)c1ccc2nc(-c3c(C)[nH]c4ccccc34)n(-c3ccc4c(c3)n(C)c(=O)n4C)c2c1. The number of aromatic amines is 1. The lowest BCUT2D eigenvalue weighted by Crippen LogP contribution is -2.19. The Labute approximate surface area is 206 Å². The van der Waals surface area contributed by atoms with Gasteiger partial charge in [-0.25, -0.2) is 22.9 Å².